The predicted molar refractivity (Wildman–Crippen MR) is 120 cm³/mol. The molecule has 2 amide bonds. The topological polar surface area (TPSA) is 87.2 Å². The van der Waals surface area contributed by atoms with Crippen LogP contribution in [0, 0.1) is 19.8 Å². The number of ether oxygens (including phenoxy) is 1. The monoisotopic (exact) mass is 463 g/mol. The van der Waals surface area contributed by atoms with E-state index in [-0.39, 0.29) is 23.8 Å². The molecule has 0 spiro atoms. The Kier molecular flexibility index (Phi) is 6.88. The van der Waals surface area contributed by atoms with Crippen LogP contribution in [0.1, 0.15) is 36.8 Å². The molecule has 1 unspecified atom stereocenters. The number of hydrogen-bond donors (Lipinski definition) is 0. The average Bonchev–Trinajstić information content (AvgIpc) is 3.33. The highest BCUT2D eigenvalue weighted by molar-refractivity contribution is 7.89. The lowest BCUT2D eigenvalue weighted by Crippen LogP contribution is -2.54. The van der Waals surface area contributed by atoms with Gasteiger partial charge < -0.3 is 14.5 Å². The minimum absolute atomic E-state index is 0.0412. The third-order valence-electron chi connectivity index (χ3n) is 6.86. The van der Waals surface area contributed by atoms with Gasteiger partial charge >= 0.3 is 0 Å². The van der Waals surface area contributed by atoms with Crippen molar-refractivity contribution >= 4 is 21.8 Å². The predicted octanol–water partition coefficient (Wildman–Crippen LogP) is 1.55. The third-order valence-corrected chi connectivity index (χ3v) is 8.92. The summed E-state index contributed by atoms with van der Waals surface area (Å²) in [5, 5.41) is 0. The smallest absolute Gasteiger partial charge is 0.251 e. The molecule has 0 saturated carbocycles. The zero-order chi connectivity index (χ0) is 22.9. The normalized spacial score (nSPS) is 23.5. The largest absolute Gasteiger partial charge is 0.368 e. The second kappa shape index (κ2) is 9.49. The molecule has 3 aliphatic rings. The van der Waals surface area contributed by atoms with Gasteiger partial charge in [-0.1, -0.05) is 17.7 Å². The molecule has 0 radical (unpaired) electrons. The van der Waals surface area contributed by atoms with E-state index in [1.807, 2.05) is 30.9 Å². The highest BCUT2D eigenvalue weighted by Crippen LogP contribution is 2.27. The Morgan fingerprint density at radius 1 is 0.906 bits per heavy atom. The molecule has 176 valence electrons. The summed E-state index contributed by atoms with van der Waals surface area (Å²) in [6.45, 7) is 7.23. The van der Waals surface area contributed by atoms with Crippen LogP contribution in [0.2, 0.25) is 0 Å². The minimum atomic E-state index is -3.56. The first-order valence-corrected chi connectivity index (χ1v) is 13.0. The van der Waals surface area contributed by atoms with Crippen LogP contribution in [0.15, 0.2) is 23.1 Å². The Labute approximate surface area is 190 Å². The molecule has 1 aromatic carbocycles. The van der Waals surface area contributed by atoms with E-state index in [4.69, 9.17) is 4.74 Å². The Bertz CT molecular complexity index is 958. The summed E-state index contributed by atoms with van der Waals surface area (Å²) in [7, 11) is -3.56. The molecule has 0 aliphatic carbocycles. The van der Waals surface area contributed by atoms with Crippen LogP contribution in [-0.4, -0.2) is 86.3 Å². The van der Waals surface area contributed by atoms with Crippen molar-refractivity contribution < 1.29 is 22.7 Å². The van der Waals surface area contributed by atoms with Crippen molar-refractivity contribution in [2.24, 2.45) is 5.92 Å². The lowest BCUT2D eigenvalue weighted by atomic mass is 9.96. The van der Waals surface area contributed by atoms with E-state index in [0.717, 1.165) is 24.0 Å². The van der Waals surface area contributed by atoms with Gasteiger partial charge in [0, 0.05) is 51.8 Å². The highest BCUT2D eigenvalue weighted by Gasteiger charge is 2.36. The standard InChI is InChI=1S/C23H33N3O5S/c1-17-5-6-21(18(2)16-17)32(29,30)26-9-7-19(8-10-26)22(27)24-11-13-25(14-12-24)23(28)20-4-3-15-31-20/h5-6,16,19-20H,3-4,7-15H2,1-2H3. The molecule has 3 aliphatic heterocycles. The second-order valence-electron chi connectivity index (χ2n) is 9.10. The van der Waals surface area contributed by atoms with Crippen molar-refractivity contribution in [2.45, 2.75) is 50.5 Å². The van der Waals surface area contributed by atoms with E-state index >= 15 is 0 Å². The van der Waals surface area contributed by atoms with Crippen LogP contribution < -0.4 is 0 Å². The molecule has 1 atom stereocenters. The molecule has 9 heteroatoms. The number of aryl methyl sites for hydroxylation is 2. The van der Waals surface area contributed by atoms with Gasteiger partial charge in [0.2, 0.25) is 15.9 Å². The molecule has 8 nitrogen and oxygen atoms in total. The van der Waals surface area contributed by atoms with Crippen molar-refractivity contribution in [3.05, 3.63) is 29.3 Å². The van der Waals surface area contributed by atoms with Gasteiger partial charge in [-0.25, -0.2) is 8.42 Å². The van der Waals surface area contributed by atoms with Crippen LogP contribution in [0.5, 0.6) is 0 Å². The molecule has 3 fully saturated rings. The highest BCUT2D eigenvalue weighted by atomic mass is 32.2. The van der Waals surface area contributed by atoms with Crippen molar-refractivity contribution in [1.82, 2.24) is 14.1 Å². The summed E-state index contributed by atoms with van der Waals surface area (Å²) >= 11 is 0. The number of carbonyl (C=O) groups is 2. The number of carbonyl (C=O) groups excluding carboxylic acids is 2. The summed E-state index contributed by atoms with van der Waals surface area (Å²) in [6, 6.07) is 5.38. The SMILES string of the molecule is Cc1ccc(S(=O)(=O)N2CCC(C(=O)N3CCN(C(=O)C4CCCO4)CC3)CC2)c(C)c1. The zero-order valence-electron chi connectivity index (χ0n) is 19.0. The van der Waals surface area contributed by atoms with Crippen LogP contribution in [-0.2, 0) is 24.3 Å². The van der Waals surface area contributed by atoms with E-state index in [1.165, 1.54) is 4.31 Å². The van der Waals surface area contributed by atoms with Crippen LogP contribution >= 0.6 is 0 Å². The van der Waals surface area contributed by atoms with Crippen molar-refractivity contribution in [3.8, 4) is 0 Å². The van der Waals surface area contributed by atoms with Gasteiger partial charge in [0.1, 0.15) is 6.10 Å². The van der Waals surface area contributed by atoms with E-state index < -0.39 is 10.0 Å². The van der Waals surface area contributed by atoms with E-state index in [1.54, 1.807) is 11.0 Å². The lowest BCUT2D eigenvalue weighted by molar-refractivity contribution is -0.147. The minimum Gasteiger partial charge on any atom is -0.368 e. The van der Waals surface area contributed by atoms with Crippen molar-refractivity contribution in [1.29, 1.82) is 0 Å². The fourth-order valence-corrected chi connectivity index (χ4v) is 6.63. The van der Waals surface area contributed by atoms with Gasteiger partial charge in [-0.15, -0.1) is 0 Å². The maximum Gasteiger partial charge on any atom is 0.251 e. The first-order valence-electron chi connectivity index (χ1n) is 11.5. The Morgan fingerprint density at radius 2 is 1.53 bits per heavy atom. The second-order valence-corrected chi connectivity index (χ2v) is 11.0. The van der Waals surface area contributed by atoms with Crippen molar-refractivity contribution in [2.75, 3.05) is 45.9 Å². The fraction of sp³-hybridized carbons (Fsp3) is 0.652. The lowest BCUT2D eigenvalue weighted by Gasteiger charge is -2.39. The Morgan fingerprint density at radius 3 is 2.09 bits per heavy atom. The van der Waals surface area contributed by atoms with Gasteiger partial charge in [0.25, 0.3) is 5.91 Å². The molecule has 4 rings (SSSR count). The maximum atomic E-state index is 13.1. The first kappa shape index (κ1) is 23.2. The number of amides is 2. The summed E-state index contributed by atoms with van der Waals surface area (Å²) in [5.41, 5.74) is 1.78. The zero-order valence-corrected chi connectivity index (χ0v) is 19.8. The van der Waals surface area contributed by atoms with Crippen LogP contribution in [0.3, 0.4) is 0 Å². The van der Waals surface area contributed by atoms with Gasteiger partial charge in [-0.2, -0.15) is 4.31 Å². The summed E-state index contributed by atoms with van der Waals surface area (Å²) in [5.74, 6) is -0.0433. The number of sulfonamides is 1. The summed E-state index contributed by atoms with van der Waals surface area (Å²) < 4.78 is 33.2. The van der Waals surface area contributed by atoms with Gasteiger partial charge in [0.15, 0.2) is 0 Å². The number of rotatable bonds is 4. The Balaban J connectivity index is 1.30. The fourth-order valence-electron chi connectivity index (χ4n) is 4.95. The number of hydrogen-bond acceptors (Lipinski definition) is 5. The molecule has 0 aromatic heterocycles. The van der Waals surface area contributed by atoms with Gasteiger partial charge in [0.05, 0.1) is 4.90 Å². The molecular weight excluding hydrogens is 430 g/mol. The van der Waals surface area contributed by atoms with Crippen LogP contribution in [0.4, 0.5) is 0 Å². The number of benzene rings is 1. The Hall–Kier alpha value is -1.97. The molecule has 3 saturated heterocycles. The van der Waals surface area contributed by atoms with Crippen LogP contribution in [0.25, 0.3) is 0 Å². The quantitative estimate of drug-likeness (QED) is 0.676. The molecule has 0 N–H and O–H groups in total. The number of piperidine rings is 1. The first-order chi connectivity index (χ1) is 15.3. The van der Waals surface area contributed by atoms with Gasteiger partial charge in [-0.05, 0) is 51.2 Å². The molecule has 3 heterocycles. The average molecular weight is 464 g/mol. The molecule has 0 bridgehead atoms. The summed E-state index contributed by atoms with van der Waals surface area (Å²) in [4.78, 5) is 29.5. The molecular formula is C23H33N3O5S. The maximum absolute atomic E-state index is 13.1. The van der Waals surface area contributed by atoms with E-state index in [9.17, 15) is 18.0 Å². The summed E-state index contributed by atoms with van der Waals surface area (Å²) in [6.07, 6.45) is 2.44. The molecule has 32 heavy (non-hydrogen) atoms. The number of nitrogens with zero attached hydrogens (tertiary/aromatic N) is 3. The van der Waals surface area contributed by atoms with E-state index in [0.29, 0.717) is 63.6 Å². The number of piperazine rings is 1. The van der Waals surface area contributed by atoms with Crippen molar-refractivity contribution in [3.63, 3.8) is 0 Å². The third kappa shape index (κ3) is 4.70. The molecule has 1 aromatic rings. The van der Waals surface area contributed by atoms with Gasteiger partial charge in [-0.3, -0.25) is 9.59 Å². The van der Waals surface area contributed by atoms with E-state index in [2.05, 4.69) is 0 Å².